The number of nitrogens with zero attached hydrogens (tertiary/aromatic N) is 2. The fourth-order valence-corrected chi connectivity index (χ4v) is 2.23. The molecule has 2 rings (SSSR count). The molecule has 0 aromatic carbocycles. The Kier molecular flexibility index (Phi) is 4.18. The summed E-state index contributed by atoms with van der Waals surface area (Å²) in [5.41, 5.74) is 5.75. The van der Waals surface area contributed by atoms with E-state index in [1.165, 1.54) is 6.07 Å². The summed E-state index contributed by atoms with van der Waals surface area (Å²) >= 11 is 5.96. The zero-order valence-electron chi connectivity index (χ0n) is 10.4. The van der Waals surface area contributed by atoms with E-state index in [0.717, 1.165) is 12.6 Å². The number of nitro groups is 1. The largest absolute Gasteiger partial charge is 0.376 e. The van der Waals surface area contributed by atoms with E-state index in [2.05, 4.69) is 10.3 Å². The predicted octanol–water partition coefficient (Wildman–Crippen LogP) is 1.56. The van der Waals surface area contributed by atoms with E-state index in [-0.39, 0.29) is 28.9 Å². The summed E-state index contributed by atoms with van der Waals surface area (Å²) < 4.78 is 5.51. The van der Waals surface area contributed by atoms with Crippen LogP contribution < -0.4 is 11.1 Å². The quantitative estimate of drug-likeness (QED) is 0.629. The smallest absolute Gasteiger partial charge is 0.289 e. The Morgan fingerprint density at radius 2 is 2.47 bits per heavy atom. The first-order valence-electron chi connectivity index (χ1n) is 5.96. The van der Waals surface area contributed by atoms with Gasteiger partial charge in [0.25, 0.3) is 5.69 Å². The number of halogens is 1. The standard InChI is InChI=1S/C11H15ClN4O3/c1-2-19-9-4-8(13)10(9)15-11-7(12)3-6(5-14-11)16(17)18/h3,5,8-10H,2,4,13H2,1H3,(H,14,15). The maximum Gasteiger partial charge on any atom is 0.289 e. The molecule has 8 heteroatoms. The average Bonchev–Trinajstić information content (AvgIpc) is 2.36. The summed E-state index contributed by atoms with van der Waals surface area (Å²) in [4.78, 5) is 14.0. The number of nitrogens with one attached hydrogen (secondary N) is 1. The molecule has 1 heterocycles. The minimum Gasteiger partial charge on any atom is -0.376 e. The van der Waals surface area contributed by atoms with Gasteiger partial charge < -0.3 is 15.8 Å². The first-order valence-corrected chi connectivity index (χ1v) is 6.34. The summed E-state index contributed by atoms with van der Waals surface area (Å²) in [5, 5.41) is 13.9. The van der Waals surface area contributed by atoms with Gasteiger partial charge >= 0.3 is 0 Å². The van der Waals surface area contributed by atoms with Crippen molar-refractivity contribution in [2.45, 2.75) is 31.5 Å². The van der Waals surface area contributed by atoms with Gasteiger partial charge in [0.2, 0.25) is 0 Å². The molecular formula is C11H15ClN4O3. The van der Waals surface area contributed by atoms with Gasteiger partial charge in [0.1, 0.15) is 12.0 Å². The van der Waals surface area contributed by atoms with Crippen molar-refractivity contribution in [3.8, 4) is 0 Å². The van der Waals surface area contributed by atoms with Gasteiger partial charge in [0, 0.05) is 18.7 Å². The molecule has 3 atom stereocenters. The van der Waals surface area contributed by atoms with Gasteiger partial charge in [-0.15, -0.1) is 0 Å². The lowest BCUT2D eigenvalue weighted by atomic mass is 9.83. The lowest BCUT2D eigenvalue weighted by Crippen LogP contribution is -2.60. The Hall–Kier alpha value is -1.44. The van der Waals surface area contributed by atoms with Crippen molar-refractivity contribution in [1.29, 1.82) is 0 Å². The minimum absolute atomic E-state index is 0.0214. The van der Waals surface area contributed by atoms with Crippen LogP contribution in [0.25, 0.3) is 0 Å². The minimum atomic E-state index is -0.541. The molecule has 1 aliphatic rings. The van der Waals surface area contributed by atoms with Crippen LogP contribution in [-0.2, 0) is 4.74 Å². The molecule has 3 unspecified atom stereocenters. The zero-order chi connectivity index (χ0) is 14.0. The normalized spacial score (nSPS) is 25.7. The number of aromatic nitrogens is 1. The predicted molar refractivity (Wildman–Crippen MR) is 71.3 cm³/mol. The molecule has 1 aliphatic carbocycles. The molecule has 3 N–H and O–H groups in total. The molecule has 0 amide bonds. The van der Waals surface area contributed by atoms with Crippen molar-refractivity contribution in [2.75, 3.05) is 11.9 Å². The third kappa shape index (κ3) is 2.94. The summed E-state index contributed by atoms with van der Waals surface area (Å²) in [5.74, 6) is 0.386. The van der Waals surface area contributed by atoms with Gasteiger partial charge in [-0.1, -0.05) is 11.6 Å². The summed E-state index contributed by atoms with van der Waals surface area (Å²) in [6, 6.07) is 1.15. The number of pyridine rings is 1. The lowest BCUT2D eigenvalue weighted by molar-refractivity contribution is -0.385. The maximum atomic E-state index is 10.6. The Balaban J connectivity index is 2.08. The van der Waals surface area contributed by atoms with Crippen molar-refractivity contribution >= 4 is 23.1 Å². The second-order valence-corrected chi connectivity index (χ2v) is 4.75. The van der Waals surface area contributed by atoms with Crippen LogP contribution in [0.4, 0.5) is 11.5 Å². The Labute approximate surface area is 115 Å². The molecule has 0 radical (unpaired) electrons. The number of ether oxygens (including phenoxy) is 1. The van der Waals surface area contributed by atoms with Gasteiger partial charge in [-0.2, -0.15) is 0 Å². The third-order valence-electron chi connectivity index (χ3n) is 3.09. The molecule has 7 nitrogen and oxygen atoms in total. The van der Waals surface area contributed by atoms with Crippen LogP contribution in [0.2, 0.25) is 5.02 Å². The lowest BCUT2D eigenvalue weighted by Gasteiger charge is -2.42. The van der Waals surface area contributed by atoms with Crippen LogP contribution in [0.5, 0.6) is 0 Å². The molecule has 19 heavy (non-hydrogen) atoms. The summed E-state index contributed by atoms with van der Waals surface area (Å²) in [6.45, 7) is 2.52. The van der Waals surface area contributed by atoms with Crippen molar-refractivity contribution in [3.05, 3.63) is 27.4 Å². The topological polar surface area (TPSA) is 103 Å². The van der Waals surface area contributed by atoms with E-state index in [1.54, 1.807) is 0 Å². The van der Waals surface area contributed by atoms with Crippen LogP contribution in [0.15, 0.2) is 12.3 Å². The fourth-order valence-electron chi connectivity index (χ4n) is 2.02. The van der Waals surface area contributed by atoms with E-state index in [1.807, 2.05) is 6.92 Å². The van der Waals surface area contributed by atoms with E-state index in [9.17, 15) is 10.1 Å². The number of hydrogen-bond acceptors (Lipinski definition) is 6. The van der Waals surface area contributed by atoms with Gasteiger partial charge in [-0.05, 0) is 13.3 Å². The molecule has 0 bridgehead atoms. The maximum absolute atomic E-state index is 10.6. The average molecular weight is 287 g/mol. The summed E-state index contributed by atoms with van der Waals surface area (Å²) in [6.07, 6.45) is 1.96. The van der Waals surface area contributed by atoms with Crippen LogP contribution in [0.1, 0.15) is 13.3 Å². The molecule has 0 aliphatic heterocycles. The molecule has 0 saturated heterocycles. The van der Waals surface area contributed by atoms with Crippen molar-refractivity contribution in [1.82, 2.24) is 4.98 Å². The highest BCUT2D eigenvalue weighted by atomic mass is 35.5. The first kappa shape index (κ1) is 14.0. The van der Waals surface area contributed by atoms with Crippen LogP contribution in [-0.4, -0.2) is 34.7 Å². The molecule has 1 fully saturated rings. The second kappa shape index (κ2) is 5.68. The Morgan fingerprint density at radius 3 is 3.00 bits per heavy atom. The highest BCUT2D eigenvalue weighted by Gasteiger charge is 2.39. The highest BCUT2D eigenvalue weighted by molar-refractivity contribution is 6.33. The monoisotopic (exact) mass is 286 g/mol. The van der Waals surface area contributed by atoms with E-state index in [0.29, 0.717) is 12.4 Å². The van der Waals surface area contributed by atoms with Crippen LogP contribution >= 0.6 is 11.6 Å². The van der Waals surface area contributed by atoms with E-state index >= 15 is 0 Å². The zero-order valence-corrected chi connectivity index (χ0v) is 11.1. The Morgan fingerprint density at radius 1 is 1.74 bits per heavy atom. The number of anilines is 1. The van der Waals surface area contributed by atoms with Gasteiger partial charge in [0.15, 0.2) is 0 Å². The first-order chi connectivity index (χ1) is 9.02. The van der Waals surface area contributed by atoms with Gasteiger partial charge in [-0.25, -0.2) is 4.98 Å². The highest BCUT2D eigenvalue weighted by Crippen LogP contribution is 2.30. The second-order valence-electron chi connectivity index (χ2n) is 4.34. The van der Waals surface area contributed by atoms with E-state index in [4.69, 9.17) is 22.1 Å². The van der Waals surface area contributed by atoms with Gasteiger partial charge in [-0.3, -0.25) is 10.1 Å². The van der Waals surface area contributed by atoms with Crippen LogP contribution in [0.3, 0.4) is 0 Å². The van der Waals surface area contributed by atoms with Gasteiger partial charge in [0.05, 0.1) is 22.1 Å². The molecule has 1 saturated carbocycles. The third-order valence-corrected chi connectivity index (χ3v) is 3.38. The van der Waals surface area contributed by atoms with Crippen molar-refractivity contribution < 1.29 is 9.66 Å². The molecule has 0 spiro atoms. The molecule has 1 aromatic heterocycles. The van der Waals surface area contributed by atoms with Crippen molar-refractivity contribution in [3.63, 3.8) is 0 Å². The van der Waals surface area contributed by atoms with E-state index < -0.39 is 4.92 Å². The molecule has 1 aromatic rings. The fraction of sp³-hybridized carbons (Fsp3) is 0.545. The summed E-state index contributed by atoms with van der Waals surface area (Å²) in [7, 11) is 0. The van der Waals surface area contributed by atoms with Crippen LogP contribution in [0, 0.1) is 10.1 Å². The number of nitrogens with two attached hydrogens (primary N) is 1. The Bertz CT molecular complexity index is 483. The molecular weight excluding hydrogens is 272 g/mol. The SMILES string of the molecule is CCOC1CC(N)C1Nc1ncc([N+](=O)[O-])cc1Cl. The number of hydrogen-bond donors (Lipinski definition) is 2. The number of rotatable bonds is 5. The molecule has 104 valence electrons. The van der Waals surface area contributed by atoms with Crippen molar-refractivity contribution in [2.24, 2.45) is 5.73 Å².